The normalized spacial score (nSPS) is 14.1. The van der Waals surface area contributed by atoms with E-state index >= 15 is 0 Å². The van der Waals surface area contributed by atoms with E-state index in [-0.39, 0.29) is 11.8 Å². The molecule has 6 nitrogen and oxygen atoms in total. The second-order valence-corrected chi connectivity index (χ2v) is 7.81. The third-order valence-electron chi connectivity index (χ3n) is 5.56. The van der Waals surface area contributed by atoms with Crippen molar-refractivity contribution in [3.8, 4) is 0 Å². The van der Waals surface area contributed by atoms with Crippen molar-refractivity contribution in [3.05, 3.63) is 65.2 Å². The Morgan fingerprint density at radius 2 is 1.67 bits per heavy atom. The zero-order valence-electron chi connectivity index (χ0n) is 17.6. The molecule has 1 N–H and O–H groups in total. The highest BCUT2D eigenvalue weighted by Crippen LogP contribution is 2.25. The third-order valence-corrected chi connectivity index (χ3v) is 5.56. The molecule has 30 heavy (non-hydrogen) atoms. The fourth-order valence-electron chi connectivity index (χ4n) is 3.96. The summed E-state index contributed by atoms with van der Waals surface area (Å²) in [5, 5.41) is 3.92. The summed E-state index contributed by atoms with van der Waals surface area (Å²) >= 11 is 0. The van der Waals surface area contributed by atoms with E-state index in [0.717, 1.165) is 24.4 Å². The van der Waals surface area contributed by atoms with Crippen LogP contribution in [-0.2, 0) is 4.79 Å². The molecule has 6 heteroatoms. The Morgan fingerprint density at radius 1 is 0.933 bits per heavy atom. The number of nitrogens with one attached hydrogen (secondary N) is 1. The van der Waals surface area contributed by atoms with Gasteiger partial charge < -0.3 is 15.1 Å². The van der Waals surface area contributed by atoms with Crippen LogP contribution in [0.4, 0.5) is 11.5 Å². The van der Waals surface area contributed by atoms with E-state index in [4.69, 9.17) is 4.98 Å². The van der Waals surface area contributed by atoms with E-state index in [1.165, 1.54) is 23.4 Å². The largest absolute Gasteiger partial charge is 0.353 e. The van der Waals surface area contributed by atoms with Crippen molar-refractivity contribution in [2.24, 2.45) is 0 Å². The third kappa shape index (κ3) is 3.99. The van der Waals surface area contributed by atoms with Crippen molar-refractivity contribution in [2.45, 2.75) is 20.8 Å². The Morgan fingerprint density at radius 3 is 2.40 bits per heavy atom. The Kier molecular flexibility index (Phi) is 5.40. The van der Waals surface area contributed by atoms with Gasteiger partial charge in [0.25, 0.3) is 5.91 Å². The smallest absolute Gasteiger partial charge is 0.254 e. The maximum Gasteiger partial charge on any atom is 0.254 e. The van der Waals surface area contributed by atoms with E-state index in [1.54, 1.807) is 24.3 Å². The predicted molar refractivity (Wildman–Crippen MR) is 120 cm³/mol. The summed E-state index contributed by atoms with van der Waals surface area (Å²) in [7, 11) is 0. The molecule has 3 aromatic rings. The minimum atomic E-state index is -0.151. The van der Waals surface area contributed by atoms with Gasteiger partial charge in [-0.15, -0.1) is 0 Å². The van der Waals surface area contributed by atoms with Crippen molar-refractivity contribution < 1.29 is 9.59 Å². The van der Waals surface area contributed by atoms with Gasteiger partial charge in [-0.05, 0) is 49.2 Å². The van der Waals surface area contributed by atoms with Crippen molar-refractivity contribution in [2.75, 3.05) is 36.4 Å². The first-order valence-electron chi connectivity index (χ1n) is 10.2. The zero-order chi connectivity index (χ0) is 21.3. The Bertz CT molecular complexity index is 1120. The van der Waals surface area contributed by atoms with Gasteiger partial charge in [-0.3, -0.25) is 9.59 Å². The number of carbonyl (C=O) groups excluding carboxylic acids is 2. The number of amides is 2. The van der Waals surface area contributed by atoms with Crippen molar-refractivity contribution in [3.63, 3.8) is 0 Å². The molecule has 0 bridgehead atoms. The monoisotopic (exact) mass is 402 g/mol. The fraction of sp³-hybridized carbons (Fsp3) is 0.292. The molecule has 0 spiro atoms. The van der Waals surface area contributed by atoms with Crippen LogP contribution in [0.2, 0.25) is 0 Å². The molecule has 0 atom stereocenters. The number of aryl methyl sites for hydroxylation is 2. The highest BCUT2D eigenvalue weighted by molar-refractivity contribution is 5.97. The first-order chi connectivity index (χ1) is 14.4. The van der Waals surface area contributed by atoms with Crippen LogP contribution in [0.5, 0.6) is 0 Å². The van der Waals surface area contributed by atoms with Gasteiger partial charge in [-0.25, -0.2) is 4.98 Å². The van der Waals surface area contributed by atoms with Gasteiger partial charge in [0, 0.05) is 49.7 Å². The molecule has 2 heterocycles. The maximum absolute atomic E-state index is 12.9. The number of anilines is 2. The second kappa shape index (κ2) is 8.14. The van der Waals surface area contributed by atoms with Gasteiger partial charge in [-0.1, -0.05) is 24.3 Å². The van der Waals surface area contributed by atoms with Gasteiger partial charge in [0.1, 0.15) is 5.82 Å². The SMILES string of the molecule is CC(=O)Nc1cccc(C(=O)N2CCN(c3cc(C)c4cccc(C)c4n3)CC2)c1. The average Bonchev–Trinajstić information content (AvgIpc) is 2.74. The lowest BCUT2D eigenvalue weighted by molar-refractivity contribution is -0.114. The molecule has 1 aliphatic heterocycles. The summed E-state index contributed by atoms with van der Waals surface area (Å²) in [4.78, 5) is 33.2. The summed E-state index contributed by atoms with van der Waals surface area (Å²) in [5.41, 5.74) is 4.65. The number of pyridine rings is 1. The number of piperazine rings is 1. The van der Waals surface area contributed by atoms with E-state index in [1.807, 2.05) is 4.90 Å². The quantitative estimate of drug-likeness (QED) is 0.724. The van der Waals surface area contributed by atoms with Crippen LogP contribution >= 0.6 is 0 Å². The van der Waals surface area contributed by atoms with Crippen LogP contribution in [0, 0.1) is 13.8 Å². The summed E-state index contributed by atoms with van der Waals surface area (Å²) in [6, 6.07) is 15.5. The second-order valence-electron chi connectivity index (χ2n) is 7.81. The molecule has 154 valence electrons. The van der Waals surface area contributed by atoms with Crippen LogP contribution in [0.3, 0.4) is 0 Å². The number of carbonyl (C=O) groups is 2. The number of hydrogen-bond acceptors (Lipinski definition) is 4. The molecule has 0 saturated carbocycles. The van der Waals surface area contributed by atoms with Crippen molar-refractivity contribution in [1.82, 2.24) is 9.88 Å². The number of nitrogens with zero attached hydrogens (tertiary/aromatic N) is 3. The first kappa shape index (κ1) is 19.9. The van der Waals surface area contributed by atoms with Gasteiger partial charge in [0.15, 0.2) is 0 Å². The number of aromatic nitrogens is 1. The van der Waals surface area contributed by atoms with E-state index < -0.39 is 0 Å². The topological polar surface area (TPSA) is 65.5 Å². The van der Waals surface area contributed by atoms with E-state index in [0.29, 0.717) is 24.3 Å². The molecule has 4 rings (SSSR count). The minimum Gasteiger partial charge on any atom is -0.353 e. The fourth-order valence-corrected chi connectivity index (χ4v) is 3.96. The lowest BCUT2D eigenvalue weighted by Gasteiger charge is -2.35. The molecule has 0 unspecified atom stereocenters. The lowest BCUT2D eigenvalue weighted by atomic mass is 10.1. The molecule has 1 aliphatic rings. The van der Waals surface area contributed by atoms with Crippen LogP contribution < -0.4 is 10.2 Å². The average molecular weight is 402 g/mol. The molecule has 1 saturated heterocycles. The molecule has 0 aliphatic carbocycles. The summed E-state index contributed by atoms with van der Waals surface area (Å²) < 4.78 is 0. The van der Waals surface area contributed by atoms with Crippen LogP contribution in [-0.4, -0.2) is 47.9 Å². The zero-order valence-corrected chi connectivity index (χ0v) is 17.6. The Balaban J connectivity index is 1.48. The molecule has 1 aromatic heterocycles. The Labute approximate surface area is 176 Å². The van der Waals surface area contributed by atoms with E-state index in [9.17, 15) is 9.59 Å². The number of benzene rings is 2. The molecule has 2 amide bonds. The van der Waals surface area contributed by atoms with Crippen LogP contribution in [0.25, 0.3) is 10.9 Å². The number of para-hydroxylation sites is 1. The molecule has 2 aromatic carbocycles. The van der Waals surface area contributed by atoms with Crippen LogP contribution in [0.1, 0.15) is 28.4 Å². The summed E-state index contributed by atoms with van der Waals surface area (Å²) in [6.07, 6.45) is 0. The predicted octanol–water partition coefficient (Wildman–Crippen LogP) is 3.77. The molecule has 1 fully saturated rings. The molecule has 0 radical (unpaired) electrons. The summed E-state index contributed by atoms with van der Waals surface area (Å²) in [6.45, 7) is 8.41. The lowest BCUT2D eigenvalue weighted by Crippen LogP contribution is -2.49. The van der Waals surface area contributed by atoms with Crippen molar-refractivity contribution >= 4 is 34.2 Å². The Hall–Kier alpha value is -3.41. The highest BCUT2D eigenvalue weighted by atomic mass is 16.2. The van der Waals surface area contributed by atoms with Gasteiger partial charge in [0.2, 0.25) is 5.91 Å². The number of hydrogen-bond donors (Lipinski definition) is 1. The van der Waals surface area contributed by atoms with E-state index in [2.05, 4.69) is 48.3 Å². The van der Waals surface area contributed by atoms with Gasteiger partial charge >= 0.3 is 0 Å². The standard InChI is InChI=1S/C24H26N4O2/c1-16-6-4-9-21-17(2)14-22(26-23(16)21)27-10-12-28(13-11-27)24(30)19-7-5-8-20(15-19)25-18(3)29/h4-9,14-15H,10-13H2,1-3H3,(H,25,29). The van der Waals surface area contributed by atoms with Gasteiger partial charge in [0.05, 0.1) is 5.52 Å². The summed E-state index contributed by atoms with van der Waals surface area (Å²) in [5.74, 6) is 0.802. The molecular weight excluding hydrogens is 376 g/mol. The highest BCUT2D eigenvalue weighted by Gasteiger charge is 2.23. The minimum absolute atomic E-state index is 0.0136. The van der Waals surface area contributed by atoms with Gasteiger partial charge in [-0.2, -0.15) is 0 Å². The maximum atomic E-state index is 12.9. The first-order valence-corrected chi connectivity index (χ1v) is 10.2. The van der Waals surface area contributed by atoms with Crippen molar-refractivity contribution in [1.29, 1.82) is 0 Å². The van der Waals surface area contributed by atoms with Crippen LogP contribution in [0.15, 0.2) is 48.5 Å². The molecular formula is C24H26N4O2. The number of fused-ring (bicyclic) bond motifs is 1. The number of rotatable bonds is 3.